The Morgan fingerprint density at radius 3 is 2.67 bits per heavy atom. The van der Waals surface area contributed by atoms with Crippen molar-refractivity contribution < 1.29 is 0 Å². The molecule has 1 fully saturated rings. The first kappa shape index (κ1) is 11.0. The number of thiol groups is 1. The van der Waals surface area contributed by atoms with Gasteiger partial charge in [-0.05, 0) is 48.6 Å². The van der Waals surface area contributed by atoms with E-state index in [2.05, 4.69) is 42.2 Å². The van der Waals surface area contributed by atoms with Crippen LogP contribution in [0.4, 0.5) is 0 Å². The van der Waals surface area contributed by atoms with Gasteiger partial charge in [0, 0.05) is 6.54 Å². The Bertz CT molecular complexity index is 288. The molecule has 0 saturated carbocycles. The SMILES string of the molecule is SCCc1ccc(C2CCCNC2)cc1. The zero-order chi connectivity index (χ0) is 10.5. The second-order valence-corrected chi connectivity index (χ2v) is 4.71. The molecule has 1 nitrogen and oxygen atoms in total. The lowest BCUT2D eigenvalue weighted by molar-refractivity contribution is 0.461. The first-order valence-electron chi connectivity index (χ1n) is 5.80. The minimum Gasteiger partial charge on any atom is -0.316 e. The normalized spacial score (nSPS) is 21.5. The molecule has 82 valence electrons. The highest BCUT2D eigenvalue weighted by Gasteiger charge is 2.14. The van der Waals surface area contributed by atoms with Crippen LogP contribution in [0.2, 0.25) is 0 Å². The Hall–Kier alpha value is -0.470. The van der Waals surface area contributed by atoms with Gasteiger partial charge < -0.3 is 5.32 Å². The summed E-state index contributed by atoms with van der Waals surface area (Å²) in [6.07, 6.45) is 3.72. The summed E-state index contributed by atoms with van der Waals surface area (Å²) >= 11 is 4.25. The number of rotatable bonds is 3. The number of piperidine rings is 1. The summed E-state index contributed by atoms with van der Waals surface area (Å²) in [5.41, 5.74) is 2.89. The third kappa shape index (κ3) is 2.99. The van der Waals surface area contributed by atoms with E-state index in [9.17, 15) is 0 Å². The molecule has 1 unspecified atom stereocenters. The topological polar surface area (TPSA) is 12.0 Å². The number of benzene rings is 1. The molecular weight excluding hydrogens is 202 g/mol. The van der Waals surface area contributed by atoms with Crippen LogP contribution in [0.25, 0.3) is 0 Å². The molecule has 0 spiro atoms. The zero-order valence-corrected chi connectivity index (χ0v) is 9.97. The summed E-state index contributed by atoms with van der Waals surface area (Å²) in [5.74, 6) is 1.66. The first-order chi connectivity index (χ1) is 7.40. The van der Waals surface area contributed by atoms with E-state index in [1.165, 1.54) is 30.5 Å². The lowest BCUT2D eigenvalue weighted by atomic mass is 9.91. The summed E-state index contributed by atoms with van der Waals surface area (Å²) in [7, 11) is 0. The van der Waals surface area contributed by atoms with Gasteiger partial charge in [-0.15, -0.1) is 0 Å². The highest BCUT2D eigenvalue weighted by Crippen LogP contribution is 2.23. The fourth-order valence-corrected chi connectivity index (χ4v) is 2.48. The lowest BCUT2D eigenvalue weighted by Gasteiger charge is -2.23. The highest BCUT2D eigenvalue weighted by atomic mass is 32.1. The molecule has 1 aliphatic heterocycles. The minimum absolute atomic E-state index is 0.726. The van der Waals surface area contributed by atoms with Crippen molar-refractivity contribution in [2.24, 2.45) is 0 Å². The largest absolute Gasteiger partial charge is 0.316 e. The maximum Gasteiger partial charge on any atom is 0.00201 e. The molecule has 15 heavy (non-hydrogen) atoms. The number of nitrogens with one attached hydrogen (secondary N) is 1. The molecule has 2 heteroatoms. The molecule has 0 amide bonds. The standard InChI is InChI=1S/C13H19NS/c15-9-7-11-3-5-12(6-4-11)13-2-1-8-14-10-13/h3-6,13-15H,1-2,7-10H2. The van der Waals surface area contributed by atoms with E-state index in [0.717, 1.165) is 24.6 Å². The third-order valence-corrected chi connectivity index (χ3v) is 3.37. The van der Waals surface area contributed by atoms with Crippen molar-refractivity contribution in [3.8, 4) is 0 Å². The highest BCUT2D eigenvalue weighted by molar-refractivity contribution is 7.80. The van der Waals surface area contributed by atoms with Gasteiger partial charge in [-0.2, -0.15) is 12.6 Å². The predicted molar refractivity (Wildman–Crippen MR) is 68.8 cm³/mol. The van der Waals surface area contributed by atoms with Gasteiger partial charge in [0.15, 0.2) is 0 Å². The second-order valence-electron chi connectivity index (χ2n) is 4.26. The molecule has 1 atom stereocenters. The fourth-order valence-electron chi connectivity index (χ4n) is 2.22. The lowest BCUT2D eigenvalue weighted by Crippen LogP contribution is -2.28. The Kier molecular flexibility index (Phi) is 4.09. The van der Waals surface area contributed by atoms with Crippen molar-refractivity contribution in [2.75, 3.05) is 18.8 Å². The van der Waals surface area contributed by atoms with Crippen LogP contribution in [0.5, 0.6) is 0 Å². The molecule has 0 aliphatic carbocycles. The van der Waals surface area contributed by atoms with E-state index in [4.69, 9.17) is 0 Å². The van der Waals surface area contributed by atoms with Crippen LogP contribution in [-0.4, -0.2) is 18.8 Å². The summed E-state index contributed by atoms with van der Waals surface area (Å²) in [4.78, 5) is 0. The Labute approximate surface area is 97.7 Å². The van der Waals surface area contributed by atoms with Gasteiger partial charge in [-0.25, -0.2) is 0 Å². The van der Waals surface area contributed by atoms with Gasteiger partial charge >= 0.3 is 0 Å². The summed E-state index contributed by atoms with van der Waals surface area (Å²) in [5, 5.41) is 3.46. The Morgan fingerprint density at radius 1 is 1.27 bits per heavy atom. The van der Waals surface area contributed by atoms with Crippen LogP contribution in [0.15, 0.2) is 24.3 Å². The van der Waals surface area contributed by atoms with E-state index < -0.39 is 0 Å². The summed E-state index contributed by atoms with van der Waals surface area (Å²) < 4.78 is 0. The van der Waals surface area contributed by atoms with Crippen molar-refractivity contribution in [1.82, 2.24) is 5.32 Å². The van der Waals surface area contributed by atoms with Crippen molar-refractivity contribution in [3.63, 3.8) is 0 Å². The van der Waals surface area contributed by atoms with Gasteiger partial charge in [-0.1, -0.05) is 24.3 Å². The average molecular weight is 221 g/mol. The van der Waals surface area contributed by atoms with Crippen molar-refractivity contribution in [3.05, 3.63) is 35.4 Å². The quantitative estimate of drug-likeness (QED) is 0.748. The molecule has 2 rings (SSSR count). The Balaban J connectivity index is 2.02. The van der Waals surface area contributed by atoms with Gasteiger partial charge in [0.2, 0.25) is 0 Å². The van der Waals surface area contributed by atoms with Crippen molar-refractivity contribution in [2.45, 2.75) is 25.2 Å². The summed E-state index contributed by atoms with van der Waals surface area (Å²) in [6.45, 7) is 2.33. The van der Waals surface area contributed by atoms with E-state index in [0.29, 0.717) is 0 Å². The predicted octanol–water partition coefficient (Wildman–Crippen LogP) is 2.63. The minimum atomic E-state index is 0.726. The van der Waals surface area contributed by atoms with Crippen LogP contribution in [-0.2, 0) is 6.42 Å². The molecule has 1 N–H and O–H groups in total. The van der Waals surface area contributed by atoms with Gasteiger partial charge in [0.25, 0.3) is 0 Å². The molecule has 1 aliphatic rings. The number of hydrogen-bond acceptors (Lipinski definition) is 2. The number of hydrogen-bond donors (Lipinski definition) is 2. The Morgan fingerprint density at radius 2 is 2.07 bits per heavy atom. The monoisotopic (exact) mass is 221 g/mol. The van der Waals surface area contributed by atoms with E-state index in [1.807, 2.05) is 0 Å². The van der Waals surface area contributed by atoms with Crippen LogP contribution in [0.1, 0.15) is 29.9 Å². The van der Waals surface area contributed by atoms with Crippen molar-refractivity contribution in [1.29, 1.82) is 0 Å². The van der Waals surface area contributed by atoms with Crippen LogP contribution in [0.3, 0.4) is 0 Å². The van der Waals surface area contributed by atoms with Crippen LogP contribution >= 0.6 is 12.6 Å². The zero-order valence-electron chi connectivity index (χ0n) is 9.08. The maximum atomic E-state index is 4.25. The molecule has 1 aromatic carbocycles. The average Bonchev–Trinajstić information content (AvgIpc) is 2.32. The van der Waals surface area contributed by atoms with Crippen LogP contribution < -0.4 is 5.32 Å². The summed E-state index contributed by atoms with van der Waals surface area (Å²) in [6, 6.07) is 9.08. The molecule has 1 heterocycles. The van der Waals surface area contributed by atoms with E-state index in [1.54, 1.807) is 0 Å². The molecule has 0 bridgehead atoms. The molecule has 1 saturated heterocycles. The number of aryl methyl sites for hydroxylation is 1. The fraction of sp³-hybridized carbons (Fsp3) is 0.538. The smallest absolute Gasteiger partial charge is 0.00201 e. The molecule has 0 aromatic heterocycles. The van der Waals surface area contributed by atoms with Gasteiger partial charge in [0.05, 0.1) is 0 Å². The third-order valence-electron chi connectivity index (χ3n) is 3.15. The molecule has 1 aromatic rings. The maximum absolute atomic E-state index is 4.25. The second kappa shape index (κ2) is 5.57. The van der Waals surface area contributed by atoms with Gasteiger partial charge in [-0.3, -0.25) is 0 Å². The van der Waals surface area contributed by atoms with Crippen molar-refractivity contribution >= 4 is 12.6 Å². The van der Waals surface area contributed by atoms with E-state index >= 15 is 0 Å². The molecule has 0 radical (unpaired) electrons. The van der Waals surface area contributed by atoms with E-state index in [-0.39, 0.29) is 0 Å². The molecular formula is C13H19NS. The van der Waals surface area contributed by atoms with Crippen LogP contribution in [0, 0.1) is 0 Å². The first-order valence-corrected chi connectivity index (χ1v) is 6.44. The van der Waals surface area contributed by atoms with Gasteiger partial charge in [0.1, 0.15) is 0 Å².